The molecule has 0 saturated heterocycles. The minimum absolute atomic E-state index is 0.425. The lowest BCUT2D eigenvalue weighted by atomic mass is 10.0. The van der Waals surface area contributed by atoms with Crippen LogP contribution >= 0.6 is 11.3 Å². The van der Waals surface area contributed by atoms with Crippen molar-refractivity contribution in [2.75, 3.05) is 11.9 Å². The number of benzene rings is 1. The predicted molar refractivity (Wildman–Crippen MR) is 97.1 cm³/mol. The van der Waals surface area contributed by atoms with E-state index in [0.717, 1.165) is 33.8 Å². The fourth-order valence-corrected chi connectivity index (χ4v) is 3.55. The molecule has 1 unspecified atom stereocenters. The lowest BCUT2D eigenvalue weighted by Gasteiger charge is -2.11. The quantitative estimate of drug-likeness (QED) is 0.743. The molecule has 2 aromatic heterocycles. The van der Waals surface area contributed by atoms with Crippen molar-refractivity contribution in [1.82, 2.24) is 9.97 Å². The summed E-state index contributed by atoms with van der Waals surface area (Å²) in [5.74, 6) is 1.53. The van der Waals surface area contributed by atoms with Crippen LogP contribution in [0.5, 0.6) is 0 Å². The molecule has 0 amide bonds. The van der Waals surface area contributed by atoms with Crippen LogP contribution in [-0.2, 0) is 6.42 Å². The Morgan fingerprint density at radius 1 is 1.22 bits per heavy atom. The first-order valence-electron chi connectivity index (χ1n) is 7.85. The molecular formula is C18H21N3OS. The van der Waals surface area contributed by atoms with Gasteiger partial charge in [-0.05, 0) is 31.4 Å². The highest BCUT2D eigenvalue weighted by atomic mass is 32.1. The van der Waals surface area contributed by atoms with Crippen LogP contribution in [0, 0.1) is 6.92 Å². The highest BCUT2D eigenvalue weighted by molar-refractivity contribution is 7.17. The Hall–Kier alpha value is -1.98. The van der Waals surface area contributed by atoms with Gasteiger partial charge in [0.2, 0.25) is 0 Å². The number of hydrogen-bond donors (Lipinski definition) is 2. The van der Waals surface area contributed by atoms with Crippen molar-refractivity contribution in [3.63, 3.8) is 0 Å². The lowest BCUT2D eigenvalue weighted by Crippen LogP contribution is -2.16. The van der Waals surface area contributed by atoms with Gasteiger partial charge in [-0.15, -0.1) is 11.3 Å². The molecule has 23 heavy (non-hydrogen) atoms. The Balaban J connectivity index is 2.09. The zero-order chi connectivity index (χ0) is 16.4. The van der Waals surface area contributed by atoms with E-state index in [9.17, 15) is 5.11 Å². The van der Waals surface area contributed by atoms with Crippen LogP contribution in [0.1, 0.15) is 25.2 Å². The first kappa shape index (κ1) is 15.9. The van der Waals surface area contributed by atoms with E-state index in [0.29, 0.717) is 6.54 Å². The van der Waals surface area contributed by atoms with Gasteiger partial charge in [0.05, 0.1) is 11.5 Å². The number of nitrogens with zero attached hydrogens (tertiary/aromatic N) is 2. The lowest BCUT2D eigenvalue weighted by molar-refractivity contribution is 0.208. The second-order valence-corrected chi connectivity index (χ2v) is 6.59. The molecule has 2 heterocycles. The minimum Gasteiger partial charge on any atom is -0.392 e. The topological polar surface area (TPSA) is 58.0 Å². The molecule has 0 spiro atoms. The number of aromatic nitrogens is 2. The van der Waals surface area contributed by atoms with Crippen molar-refractivity contribution in [1.29, 1.82) is 0 Å². The zero-order valence-electron chi connectivity index (χ0n) is 13.6. The molecule has 4 nitrogen and oxygen atoms in total. The molecular weight excluding hydrogens is 306 g/mol. The van der Waals surface area contributed by atoms with Gasteiger partial charge in [-0.3, -0.25) is 0 Å². The maximum Gasteiger partial charge on any atom is 0.139 e. The van der Waals surface area contributed by atoms with Crippen LogP contribution in [-0.4, -0.2) is 27.7 Å². The fraction of sp³-hybridized carbons (Fsp3) is 0.333. The number of fused-ring (bicyclic) bond motifs is 1. The molecule has 0 saturated carbocycles. The molecule has 3 rings (SSSR count). The van der Waals surface area contributed by atoms with Gasteiger partial charge >= 0.3 is 0 Å². The summed E-state index contributed by atoms with van der Waals surface area (Å²) in [6.45, 7) is 6.28. The van der Waals surface area contributed by atoms with Gasteiger partial charge < -0.3 is 10.4 Å². The molecule has 2 N–H and O–H groups in total. The summed E-state index contributed by atoms with van der Waals surface area (Å²) in [5, 5.41) is 16.0. The van der Waals surface area contributed by atoms with E-state index in [4.69, 9.17) is 0 Å². The van der Waals surface area contributed by atoms with Crippen molar-refractivity contribution >= 4 is 27.4 Å². The van der Waals surface area contributed by atoms with E-state index in [2.05, 4.69) is 51.9 Å². The van der Waals surface area contributed by atoms with Gasteiger partial charge in [-0.25, -0.2) is 9.97 Å². The van der Waals surface area contributed by atoms with Gasteiger partial charge in [0, 0.05) is 17.5 Å². The third kappa shape index (κ3) is 3.35. The molecule has 0 aliphatic rings. The molecule has 120 valence electrons. The third-order valence-corrected chi connectivity index (χ3v) is 4.66. The van der Waals surface area contributed by atoms with E-state index in [1.54, 1.807) is 18.3 Å². The molecule has 5 heteroatoms. The number of aliphatic hydroxyl groups is 1. The standard InChI is InChI=1S/C18H21N3OS/c1-4-13-5-7-14(8-6-13)15-10-23-18-16(15)17(19-9-11(2)22)20-12(3)21-18/h5-8,10-11,22H,4,9H2,1-3H3,(H,19,20,21). The molecule has 1 aromatic carbocycles. The van der Waals surface area contributed by atoms with Crippen LogP contribution in [0.3, 0.4) is 0 Å². The molecule has 3 aromatic rings. The Bertz CT molecular complexity index is 809. The minimum atomic E-state index is -0.425. The first-order valence-corrected chi connectivity index (χ1v) is 8.73. The monoisotopic (exact) mass is 327 g/mol. The summed E-state index contributed by atoms with van der Waals surface area (Å²) in [6.07, 6.45) is 0.611. The van der Waals surface area contributed by atoms with Crippen molar-refractivity contribution in [3.05, 3.63) is 41.0 Å². The number of rotatable bonds is 5. The highest BCUT2D eigenvalue weighted by Gasteiger charge is 2.14. The molecule has 0 fully saturated rings. The SMILES string of the molecule is CCc1ccc(-c2csc3nc(C)nc(NCC(C)O)c23)cc1. The van der Waals surface area contributed by atoms with Crippen LogP contribution in [0.2, 0.25) is 0 Å². The zero-order valence-corrected chi connectivity index (χ0v) is 14.4. The van der Waals surface area contributed by atoms with Crippen molar-refractivity contribution < 1.29 is 5.11 Å². The summed E-state index contributed by atoms with van der Waals surface area (Å²) in [4.78, 5) is 10.1. The summed E-state index contributed by atoms with van der Waals surface area (Å²) < 4.78 is 0. The van der Waals surface area contributed by atoms with E-state index in [1.807, 2.05) is 6.92 Å². The number of hydrogen-bond acceptors (Lipinski definition) is 5. The second kappa shape index (κ2) is 6.64. The average molecular weight is 327 g/mol. The molecule has 0 aliphatic heterocycles. The summed E-state index contributed by atoms with van der Waals surface area (Å²) in [5.41, 5.74) is 3.63. The van der Waals surface area contributed by atoms with Gasteiger partial charge in [0.15, 0.2) is 0 Å². The van der Waals surface area contributed by atoms with E-state index in [-0.39, 0.29) is 0 Å². The predicted octanol–water partition coefficient (Wildman–Crippen LogP) is 4.02. The molecule has 1 atom stereocenters. The van der Waals surface area contributed by atoms with Crippen LogP contribution in [0.25, 0.3) is 21.3 Å². The van der Waals surface area contributed by atoms with Gasteiger partial charge in [-0.1, -0.05) is 31.2 Å². The van der Waals surface area contributed by atoms with Crippen molar-refractivity contribution in [2.45, 2.75) is 33.3 Å². The summed E-state index contributed by atoms with van der Waals surface area (Å²) in [6, 6.07) is 8.63. The number of anilines is 1. The van der Waals surface area contributed by atoms with Crippen LogP contribution in [0.4, 0.5) is 5.82 Å². The number of nitrogens with one attached hydrogen (secondary N) is 1. The van der Waals surface area contributed by atoms with Crippen molar-refractivity contribution in [3.8, 4) is 11.1 Å². The Morgan fingerprint density at radius 3 is 2.61 bits per heavy atom. The number of aliphatic hydroxyl groups excluding tert-OH is 1. The van der Waals surface area contributed by atoms with E-state index in [1.165, 1.54) is 11.1 Å². The largest absolute Gasteiger partial charge is 0.392 e. The van der Waals surface area contributed by atoms with E-state index < -0.39 is 6.10 Å². The Kier molecular flexibility index (Phi) is 4.59. The maximum atomic E-state index is 9.55. The van der Waals surface area contributed by atoms with Crippen LogP contribution < -0.4 is 5.32 Å². The van der Waals surface area contributed by atoms with E-state index >= 15 is 0 Å². The second-order valence-electron chi connectivity index (χ2n) is 5.73. The third-order valence-electron chi connectivity index (χ3n) is 3.78. The van der Waals surface area contributed by atoms with Crippen molar-refractivity contribution in [2.24, 2.45) is 0 Å². The van der Waals surface area contributed by atoms with Gasteiger partial charge in [-0.2, -0.15) is 0 Å². The summed E-state index contributed by atoms with van der Waals surface area (Å²) in [7, 11) is 0. The molecule has 0 radical (unpaired) electrons. The smallest absolute Gasteiger partial charge is 0.139 e. The first-order chi connectivity index (χ1) is 11.1. The van der Waals surface area contributed by atoms with Gasteiger partial charge in [0.25, 0.3) is 0 Å². The molecule has 0 bridgehead atoms. The highest BCUT2D eigenvalue weighted by Crippen LogP contribution is 2.37. The fourth-order valence-electron chi connectivity index (χ4n) is 2.55. The molecule has 0 aliphatic carbocycles. The van der Waals surface area contributed by atoms with Crippen LogP contribution in [0.15, 0.2) is 29.6 Å². The number of thiophene rings is 1. The summed E-state index contributed by atoms with van der Waals surface area (Å²) >= 11 is 1.63. The Labute approximate surface area is 140 Å². The van der Waals surface area contributed by atoms with Gasteiger partial charge in [0.1, 0.15) is 16.5 Å². The normalized spacial score (nSPS) is 12.5. The Morgan fingerprint density at radius 2 is 1.96 bits per heavy atom. The average Bonchev–Trinajstić information content (AvgIpc) is 2.96. The maximum absolute atomic E-state index is 9.55. The number of aryl methyl sites for hydroxylation is 2.